The molecule has 3 atom stereocenters. The summed E-state index contributed by atoms with van der Waals surface area (Å²) in [5.74, 6) is 0.876. The summed E-state index contributed by atoms with van der Waals surface area (Å²) in [6.45, 7) is 11.8. The summed E-state index contributed by atoms with van der Waals surface area (Å²) in [5.41, 5.74) is 1.95. The van der Waals surface area contributed by atoms with Crippen LogP contribution in [0.2, 0.25) is 19.6 Å². The average molecular weight is 267 g/mol. The lowest BCUT2D eigenvalue weighted by molar-refractivity contribution is 0.00485. The normalized spacial score (nSPS) is 37.7. The molecule has 2 aliphatic carbocycles. The SMILES string of the molecule is CC1=CC(O[Si](C)(C)C)[C@]2(C)CCCC[C@@H]2CC1. The van der Waals surface area contributed by atoms with Crippen molar-refractivity contribution in [2.45, 2.75) is 78.1 Å². The van der Waals surface area contributed by atoms with E-state index in [0.29, 0.717) is 11.5 Å². The summed E-state index contributed by atoms with van der Waals surface area (Å²) in [5, 5.41) is 0. The molecule has 0 aromatic heterocycles. The standard InChI is InChI=1S/C16H30OSi/c1-13-9-10-14-8-6-7-11-16(14,2)15(12-13)17-18(3,4)5/h12,14-15H,6-11H2,1-5H3/t14-,15?,16-/m1/s1. The molecule has 0 amide bonds. The van der Waals surface area contributed by atoms with Crippen LogP contribution in [-0.2, 0) is 4.43 Å². The van der Waals surface area contributed by atoms with Gasteiger partial charge >= 0.3 is 0 Å². The molecule has 0 radical (unpaired) electrons. The third kappa shape index (κ3) is 3.08. The van der Waals surface area contributed by atoms with Crippen LogP contribution >= 0.6 is 0 Å². The summed E-state index contributed by atoms with van der Waals surface area (Å²) in [6.07, 6.45) is 11.1. The second-order valence-corrected chi connectivity index (χ2v) is 12.1. The van der Waals surface area contributed by atoms with Crippen LogP contribution in [0.3, 0.4) is 0 Å². The van der Waals surface area contributed by atoms with Gasteiger partial charge in [0, 0.05) is 0 Å². The van der Waals surface area contributed by atoms with Crippen LogP contribution < -0.4 is 0 Å². The van der Waals surface area contributed by atoms with E-state index < -0.39 is 8.32 Å². The first-order valence-electron chi connectivity index (χ1n) is 7.66. The fourth-order valence-electron chi connectivity index (χ4n) is 3.76. The van der Waals surface area contributed by atoms with Gasteiger partial charge in [-0.25, -0.2) is 0 Å². The van der Waals surface area contributed by atoms with Gasteiger partial charge in [0.05, 0.1) is 6.10 Å². The molecular weight excluding hydrogens is 236 g/mol. The molecule has 0 aromatic carbocycles. The monoisotopic (exact) mass is 266 g/mol. The molecule has 0 spiro atoms. The first-order valence-corrected chi connectivity index (χ1v) is 11.1. The zero-order chi connectivity index (χ0) is 13.4. The first-order chi connectivity index (χ1) is 8.31. The molecule has 0 aliphatic heterocycles. The zero-order valence-electron chi connectivity index (χ0n) is 12.9. The van der Waals surface area contributed by atoms with Crippen molar-refractivity contribution < 1.29 is 4.43 Å². The number of rotatable bonds is 2. The van der Waals surface area contributed by atoms with E-state index in [1.807, 2.05) is 0 Å². The van der Waals surface area contributed by atoms with Crippen molar-refractivity contribution in [1.82, 2.24) is 0 Å². The number of fused-ring (bicyclic) bond motifs is 1. The van der Waals surface area contributed by atoms with Gasteiger partial charge in [-0.3, -0.25) is 0 Å². The Labute approximate surface area is 114 Å². The van der Waals surface area contributed by atoms with Crippen LogP contribution in [0.5, 0.6) is 0 Å². The summed E-state index contributed by atoms with van der Waals surface area (Å²) in [7, 11) is -1.46. The molecule has 1 fully saturated rings. The Morgan fingerprint density at radius 3 is 2.61 bits per heavy atom. The largest absolute Gasteiger partial charge is 0.411 e. The summed E-state index contributed by atoms with van der Waals surface area (Å²) >= 11 is 0. The quantitative estimate of drug-likeness (QED) is 0.496. The Balaban J connectivity index is 2.27. The predicted molar refractivity (Wildman–Crippen MR) is 81.3 cm³/mol. The summed E-state index contributed by atoms with van der Waals surface area (Å²) < 4.78 is 6.56. The lowest BCUT2D eigenvalue weighted by atomic mass is 9.64. The van der Waals surface area contributed by atoms with Gasteiger partial charge in [-0.15, -0.1) is 0 Å². The van der Waals surface area contributed by atoms with Gasteiger partial charge in [0.15, 0.2) is 8.32 Å². The summed E-state index contributed by atoms with van der Waals surface area (Å²) in [4.78, 5) is 0. The minimum absolute atomic E-state index is 0.372. The maximum absolute atomic E-state index is 6.56. The fraction of sp³-hybridized carbons (Fsp3) is 0.875. The highest BCUT2D eigenvalue weighted by molar-refractivity contribution is 6.69. The van der Waals surface area contributed by atoms with Crippen molar-refractivity contribution >= 4 is 8.32 Å². The van der Waals surface area contributed by atoms with Gasteiger partial charge < -0.3 is 4.43 Å². The van der Waals surface area contributed by atoms with Gasteiger partial charge in [-0.05, 0) is 63.6 Å². The van der Waals surface area contributed by atoms with Crippen molar-refractivity contribution in [3.63, 3.8) is 0 Å². The molecule has 0 saturated heterocycles. The molecular formula is C16H30OSi. The predicted octanol–water partition coefficient (Wildman–Crippen LogP) is 5.14. The van der Waals surface area contributed by atoms with E-state index in [4.69, 9.17) is 4.43 Å². The van der Waals surface area contributed by atoms with Crippen molar-refractivity contribution in [3.05, 3.63) is 11.6 Å². The van der Waals surface area contributed by atoms with Crippen molar-refractivity contribution in [2.24, 2.45) is 11.3 Å². The minimum Gasteiger partial charge on any atom is -0.411 e. The highest BCUT2D eigenvalue weighted by Gasteiger charge is 2.44. The maximum atomic E-state index is 6.56. The van der Waals surface area contributed by atoms with Gasteiger partial charge in [-0.1, -0.05) is 31.4 Å². The summed E-state index contributed by atoms with van der Waals surface area (Å²) in [6, 6.07) is 0. The van der Waals surface area contributed by atoms with E-state index in [9.17, 15) is 0 Å². The van der Waals surface area contributed by atoms with E-state index in [0.717, 1.165) is 5.92 Å². The highest BCUT2D eigenvalue weighted by atomic mass is 28.4. The van der Waals surface area contributed by atoms with Gasteiger partial charge in [0.25, 0.3) is 0 Å². The lowest BCUT2D eigenvalue weighted by Crippen LogP contribution is -2.45. The Kier molecular flexibility index (Phi) is 4.08. The molecule has 18 heavy (non-hydrogen) atoms. The van der Waals surface area contributed by atoms with Gasteiger partial charge in [-0.2, -0.15) is 0 Å². The molecule has 0 heterocycles. The molecule has 2 heteroatoms. The zero-order valence-corrected chi connectivity index (χ0v) is 13.9. The second kappa shape index (κ2) is 5.13. The molecule has 2 rings (SSSR count). The van der Waals surface area contributed by atoms with E-state index in [1.165, 1.54) is 38.5 Å². The van der Waals surface area contributed by atoms with Crippen molar-refractivity contribution in [2.75, 3.05) is 0 Å². The minimum atomic E-state index is -1.46. The van der Waals surface area contributed by atoms with E-state index >= 15 is 0 Å². The lowest BCUT2D eigenvalue weighted by Gasteiger charge is -2.46. The van der Waals surface area contributed by atoms with Crippen LogP contribution in [0.15, 0.2) is 11.6 Å². The molecule has 1 unspecified atom stereocenters. The Bertz CT molecular complexity index is 328. The van der Waals surface area contributed by atoms with Crippen molar-refractivity contribution in [1.29, 1.82) is 0 Å². The molecule has 1 nitrogen and oxygen atoms in total. The topological polar surface area (TPSA) is 9.23 Å². The Morgan fingerprint density at radius 1 is 1.22 bits per heavy atom. The fourth-order valence-corrected chi connectivity index (χ4v) is 4.86. The molecule has 0 aromatic rings. The third-order valence-corrected chi connectivity index (χ3v) is 5.87. The number of allylic oxidation sites excluding steroid dienone is 1. The first kappa shape index (κ1) is 14.3. The average Bonchev–Trinajstić information content (AvgIpc) is 2.35. The third-order valence-electron chi connectivity index (χ3n) is 4.90. The van der Waals surface area contributed by atoms with Crippen LogP contribution in [0.1, 0.15) is 52.4 Å². The Hall–Kier alpha value is -0.0831. The molecule has 104 valence electrons. The van der Waals surface area contributed by atoms with E-state index in [1.54, 1.807) is 5.57 Å². The molecule has 0 bridgehead atoms. The van der Waals surface area contributed by atoms with Crippen LogP contribution in [0.25, 0.3) is 0 Å². The molecule has 2 aliphatic rings. The van der Waals surface area contributed by atoms with E-state index in [-0.39, 0.29) is 0 Å². The molecule has 1 saturated carbocycles. The van der Waals surface area contributed by atoms with Crippen LogP contribution in [-0.4, -0.2) is 14.4 Å². The number of hydrogen-bond acceptors (Lipinski definition) is 1. The van der Waals surface area contributed by atoms with Crippen LogP contribution in [0, 0.1) is 11.3 Å². The van der Waals surface area contributed by atoms with Gasteiger partial charge in [0.2, 0.25) is 0 Å². The van der Waals surface area contributed by atoms with E-state index in [2.05, 4.69) is 39.6 Å². The Morgan fingerprint density at radius 2 is 1.94 bits per heavy atom. The maximum Gasteiger partial charge on any atom is 0.184 e. The second-order valence-electron chi connectivity index (χ2n) is 7.65. The van der Waals surface area contributed by atoms with Crippen LogP contribution in [0.4, 0.5) is 0 Å². The number of hydrogen-bond donors (Lipinski definition) is 0. The van der Waals surface area contributed by atoms with Crippen molar-refractivity contribution in [3.8, 4) is 0 Å². The highest BCUT2D eigenvalue weighted by Crippen LogP contribution is 2.49. The van der Waals surface area contributed by atoms with Gasteiger partial charge in [0.1, 0.15) is 0 Å². The molecule has 0 N–H and O–H groups in total. The smallest absolute Gasteiger partial charge is 0.184 e.